The van der Waals surface area contributed by atoms with Crippen molar-refractivity contribution in [3.63, 3.8) is 0 Å². The number of anilines is 1. The van der Waals surface area contributed by atoms with Gasteiger partial charge in [0.2, 0.25) is 0 Å². The Morgan fingerprint density at radius 1 is 0.956 bits per heavy atom. The highest BCUT2D eigenvalue weighted by molar-refractivity contribution is 7.92. The molecule has 0 aliphatic rings. The Bertz CT molecular complexity index is 1800. The van der Waals surface area contributed by atoms with E-state index in [1.165, 1.54) is 39.8 Å². The summed E-state index contributed by atoms with van der Waals surface area (Å²) in [6, 6.07) is 6.29. The zero-order valence-electron chi connectivity index (χ0n) is 24.4. The smallest absolute Gasteiger partial charge is 0.408 e. The molecular weight excluding hydrogens is 661 g/mol. The van der Waals surface area contributed by atoms with Crippen molar-refractivity contribution >= 4 is 49.2 Å². The first-order valence-electron chi connectivity index (χ1n) is 13.2. The largest absolute Gasteiger partial charge is 0.480 e. The van der Waals surface area contributed by atoms with E-state index in [0.29, 0.717) is 16.4 Å². The second kappa shape index (κ2) is 13.7. The number of ether oxygens (including phenoxy) is 1. The monoisotopic (exact) mass is 690 g/mol. The lowest BCUT2D eigenvalue weighted by molar-refractivity contribution is -0.138. The van der Waals surface area contributed by atoms with E-state index in [9.17, 15) is 40.3 Å². The molecule has 3 rings (SSSR count). The molecule has 0 aliphatic heterocycles. The number of sulfone groups is 1. The summed E-state index contributed by atoms with van der Waals surface area (Å²) in [5.74, 6) is -6.87. The first-order valence-corrected chi connectivity index (χ1v) is 16.8. The number of halogens is 4. The minimum atomic E-state index is -4.70. The molecule has 0 spiro atoms. The second-order valence-corrected chi connectivity index (χ2v) is 15.3. The normalized spacial score (nSPS) is 13.5. The maximum atomic E-state index is 15.1. The lowest BCUT2D eigenvalue weighted by Crippen LogP contribution is -2.47. The van der Waals surface area contributed by atoms with Crippen molar-refractivity contribution < 1.29 is 49.4 Å². The molecule has 0 unspecified atom stereocenters. The lowest BCUT2D eigenvalue weighted by Gasteiger charge is -2.32. The number of rotatable bonds is 11. The van der Waals surface area contributed by atoms with E-state index in [-0.39, 0.29) is 21.0 Å². The zero-order chi connectivity index (χ0) is 33.9. The summed E-state index contributed by atoms with van der Waals surface area (Å²) in [4.78, 5) is 23.6. The van der Waals surface area contributed by atoms with Crippen LogP contribution in [-0.2, 0) is 35.1 Å². The Morgan fingerprint density at radius 2 is 1.53 bits per heavy atom. The summed E-state index contributed by atoms with van der Waals surface area (Å²) in [6.07, 6.45) is -1.19. The third kappa shape index (κ3) is 9.34. The first kappa shape index (κ1) is 35.7. The topological polar surface area (TPSA) is 147 Å². The van der Waals surface area contributed by atoms with Crippen LogP contribution in [0.25, 0.3) is 0 Å². The molecular formula is C29H30ClF3N2O8S2. The number of amides is 1. The third-order valence-corrected chi connectivity index (χ3v) is 9.95. The number of hydrogen-bond donors (Lipinski definition) is 2. The second-order valence-electron chi connectivity index (χ2n) is 11.0. The minimum Gasteiger partial charge on any atom is -0.480 e. The quantitative estimate of drug-likeness (QED) is 0.264. The molecule has 3 aromatic carbocycles. The fraction of sp³-hybridized carbons (Fsp3) is 0.310. The van der Waals surface area contributed by atoms with Crippen LogP contribution in [-0.4, -0.2) is 51.4 Å². The van der Waals surface area contributed by atoms with Gasteiger partial charge < -0.3 is 15.2 Å². The van der Waals surface area contributed by atoms with Crippen LogP contribution < -0.4 is 9.62 Å². The number of nitrogens with one attached hydrogen (secondary N) is 1. The van der Waals surface area contributed by atoms with Crippen molar-refractivity contribution in [2.24, 2.45) is 0 Å². The standard InChI is InChI=1S/C29H30ClF3N2O8S2/c1-17(35(26-14-21(32)8-12-24(26)33)45(41,42)22-9-5-19(30)6-10-22)23-11-7-20(31)13-18(23)15-44(39,40)16-25(27(36)37)34-28(38)43-29(2,3)4/h5-14,17,25H,15-16H2,1-4H3,(H,34,38)(H,36,37)/t17-,25+/m1/s1. The van der Waals surface area contributed by atoms with Crippen molar-refractivity contribution in [1.29, 1.82) is 0 Å². The Kier molecular flexibility index (Phi) is 10.8. The van der Waals surface area contributed by atoms with Gasteiger partial charge >= 0.3 is 12.1 Å². The van der Waals surface area contributed by atoms with Crippen LogP contribution >= 0.6 is 11.6 Å². The molecule has 0 bridgehead atoms. The highest BCUT2D eigenvalue weighted by Crippen LogP contribution is 2.37. The molecule has 2 atom stereocenters. The van der Waals surface area contributed by atoms with Gasteiger partial charge in [-0.2, -0.15) is 0 Å². The molecule has 10 nitrogen and oxygen atoms in total. The Labute approximate surface area is 263 Å². The van der Waals surface area contributed by atoms with Gasteiger partial charge in [-0.25, -0.2) is 39.6 Å². The highest BCUT2D eigenvalue weighted by atomic mass is 35.5. The lowest BCUT2D eigenvalue weighted by atomic mass is 10.0. The molecule has 0 aliphatic carbocycles. The summed E-state index contributed by atoms with van der Waals surface area (Å²) in [5, 5.41) is 11.7. The number of hydrogen-bond acceptors (Lipinski definition) is 7. The summed E-state index contributed by atoms with van der Waals surface area (Å²) in [6.45, 7) is 5.79. The molecule has 0 heterocycles. The van der Waals surface area contributed by atoms with Crippen LogP contribution in [0.2, 0.25) is 5.02 Å². The average molecular weight is 691 g/mol. The fourth-order valence-electron chi connectivity index (χ4n) is 4.33. The molecule has 2 N–H and O–H groups in total. The van der Waals surface area contributed by atoms with E-state index < -0.39 is 84.3 Å². The summed E-state index contributed by atoms with van der Waals surface area (Å²) in [5.41, 5.74) is -2.15. The van der Waals surface area contributed by atoms with Crippen LogP contribution in [0.3, 0.4) is 0 Å². The van der Waals surface area contributed by atoms with Gasteiger partial charge in [0.1, 0.15) is 29.1 Å². The van der Waals surface area contributed by atoms with E-state index in [1.807, 2.05) is 5.32 Å². The third-order valence-electron chi connectivity index (χ3n) is 6.21. The van der Waals surface area contributed by atoms with Crippen LogP contribution in [0.4, 0.5) is 23.7 Å². The van der Waals surface area contributed by atoms with Crippen molar-refractivity contribution in [1.82, 2.24) is 5.32 Å². The molecule has 244 valence electrons. The van der Waals surface area contributed by atoms with Gasteiger partial charge in [-0.05, 0) is 87.4 Å². The van der Waals surface area contributed by atoms with E-state index in [2.05, 4.69) is 0 Å². The molecule has 1 amide bonds. The SMILES string of the molecule is C[C@H](c1ccc(F)cc1CS(=O)(=O)C[C@H](NC(=O)OC(C)(C)C)C(=O)O)N(c1cc(F)ccc1F)S(=O)(=O)c1ccc(Cl)cc1. The van der Waals surface area contributed by atoms with Crippen molar-refractivity contribution in [3.8, 4) is 0 Å². The molecule has 0 aromatic heterocycles. The number of nitrogens with zero attached hydrogens (tertiary/aromatic N) is 1. The molecule has 16 heteroatoms. The zero-order valence-corrected chi connectivity index (χ0v) is 26.8. The van der Waals surface area contributed by atoms with Gasteiger partial charge in [-0.15, -0.1) is 0 Å². The van der Waals surface area contributed by atoms with E-state index >= 15 is 4.39 Å². The summed E-state index contributed by atoms with van der Waals surface area (Å²) >= 11 is 5.89. The number of carboxylic acid groups (broad SMARTS) is 1. The number of benzene rings is 3. The van der Waals surface area contributed by atoms with Gasteiger partial charge in [-0.3, -0.25) is 4.31 Å². The maximum Gasteiger partial charge on any atom is 0.408 e. The number of carbonyl (C=O) groups excluding carboxylic acids is 1. The van der Waals surface area contributed by atoms with Crippen molar-refractivity contribution in [2.75, 3.05) is 10.1 Å². The maximum absolute atomic E-state index is 15.1. The highest BCUT2D eigenvalue weighted by Gasteiger charge is 2.35. The Morgan fingerprint density at radius 3 is 2.11 bits per heavy atom. The van der Waals surface area contributed by atoms with Gasteiger partial charge in [0.25, 0.3) is 10.0 Å². The van der Waals surface area contributed by atoms with Gasteiger partial charge in [0.15, 0.2) is 9.84 Å². The Balaban J connectivity index is 2.08. The van der Waals surface area contributed by atoms with E-state index in [1.54, 1.807) is 0 Å². The van der Waals surface area contributed by atoms with Crippen LogP contribution in [0.1, 0.15) is 44.9 Å². The first-order chi connectivity index (χ1) is 20.7. The molecule has 0 saturated heterocycles. The predicted octanol–water partition coefficient (Wildman–Crippen LogP) is 5.61. The van der Waals surface area contributed by atoms with E-state index in [0.717, 1.165) is 36.4 Å². The molecule has 45 heavy (non-hydrogen) atoms. The number of sulfonamides is 1. The number of alkyl carbamates (subject to hydrolysis) is 1. The molecule has 0 radical (unpaired) electrons. The predicted molar refractivity (Wildman–Crippen MR) is 161 cm³/mol. The number of aliphatic carboxylic acids is 1. The van der Waals surface area contributed by atoms with Gasteiger partial charge in [0.05, 0.1) is 28.1 Å². The molecule has 0 saturated carbocycles. The fourth-order valence-corrected chi connectivity index (χ4v) is 7.67. The molecule has 3 aromatic rings. The average Bonchev–Trinajstić information content (AvgIpc) is 2.89. The van der Waals surface area contributed by atoms with Crippen LogP contribution in [0.15, 0.2) is 65.6 Å². The van der Waals surface area contributed by atoms with Gasteiger partial charge in [-0.1, -0.05) is 17.7 Å². The van der Waals surface area contributed by atoms with Crippen molar-refractivity contribution in [2.45, 2.75) is 56.0 Å². The summed E-state index contributed by atoms with van der Waals surface area (Å²) in [7, 11) is -9.17. The van der Waals surface area contributed by atoms with Crippen molar-refractivity contribution in [3.05, 3.63) is 94.3 Å². The minimum absolute atomic E-state index is 0.117. The van der Waals surface area contributed by atoms with Crippen LogP contribution in [0.5, 0.6) is 0 Å². The molecule has 0 fully saturated rings. The van der Waals surface area contributed by atoms with Crippen LogP contribution in [0, 0.1) is 17.5 Å². The number of carbonyl (C=O) groups is 2. The van der Waals surface area contributed by atoms with E-state index in [4.69, 9.17) is 16.3 Å². The number of carboxylic acids is 1. The van der Waals surface area contributed by atoms with Gasteiger partial charge in [0, 0.05) is 11.1 Å². The Hall–Kier alpha value is -3.82. The summed E-state index contributed by atoms with van der Waals surface area (Å²) < 4.78 is 104.